The minimum Gasteiger partial charge on any atom is -0.326 e. The van der Waals surface area contributed by atoms with Crippen LogP contribution in [0.5, 0.6) is 0 Å². The molecular formula is C14H20N2O. The molecule has 0 radical (unpaired) electrons. The van der Waals surface area contributed by atoms with Crippen molar-refractivity contribution in [1.82, 2.24) is 9.80 Å². The van der Waals surface area contributed by atoms with Gasteiger partial charge in [0.1, 0.15) is 0 Å². The van der Waals surface area contributed by atoms with Crippen LogP contribution in [0.15, 0.2) is 30.3 Å². The average Bonchev–Trinajstić information content (AvgIpc) is 2.57. The lowest BCUT2D eigenvalue weighted by Crippen LogP contribution is -2.33. The summed E-state index contributed by atoms with van der Waals surface area (Å²) in [5.41, 5.74) is 1.35. The molecule has 1 atom stereocenters. The van der Waals surface area contributed by atoms with Crippen LogP contribution in [0.2, 0.25) is 0 Å². The topological polar surface area (TPSA) is 23.6 Å². The van der Waals surface area contributed by atoms with E-state index in [1.807, 2.05) is 18.0 Å². The highest BCUT2D eigenvalue weighted by atomic mass is 16.2. The van der Waals surface area contributed by atoms with E-state index in [1.165, 1.54) is 5.56 Å². The van der Waals surface area contributed by atoms with E-state index < -0.39 is 0 Å². The van der Waals surface area contributed by atoms with Crippen LogP contribution in [0.25, 0.3) is 0 Å². The molecule has 0 bridgehead atoms. The molecular weight excluding hydrogens is 212 g/mol. The number of amides is 2. The summed E-state index contributed by atoms with van der Waals surface area (Å²) in [6.45, 7) is 3.83. The zero-order valence-electron chi connectivity index (χ0n) is 10.6. The quantitative estimate of drug-likeness (QED) is 0.782. The smallest absolute Gasteiger partial charge is 0.320 e. The Morgan fingerprint density at radius 3 is 2.59 bits per heavy atom. The molecule has 3 nitrogen and oxygen atoms in total. The third kappa shape index (κ3) is 2.78. The van der Waals surface area contributed by atoms with Crippen molar-refractivity contribution in [2.24, 2.45) is 0 Å². The van der Waals surface area contributed by atoms with Crippen LogP contribution in [-0.2, 0) is 6.42 Å². The number of likely N-dealkylation sites (N-methyl/N-ethyl adjacent to an activating group) is 1. The Morgan fingerprint density at radius 2 is 2.00 bits per heavy atom. The van der Waals surface area contributed by atoms with Crippen LogP contribution in [0.4, 0.5) is 4.79 Å². The van der Waals surface area contributed by atoms with Crippen LogP contribution in [-0.4, -0.2) is 42.0 Å². The molecule has 1 unspecified atom stereocenters. The van der Waals surface area contributed by atoms with Gasteiger partial charge in [-0.2, -0.15) is 0 Å². The standard InChI is InChI=1S/C14H20N2O/c1-12-11-15(2)14(17)16(12)10-6-9-13-7-4-3-5-8-13/h3-5,7-8,12H,6,9-11H2,1-2H3. The number of carbonyl (C=O) groups excluding carboxylic acids is 1. The molecule has 0 aliphatic carbocycles. The first-order valence-corrected chi connectivity index (χ1v) is 6.24. The first-order valence-electron chi connectivity index (χ1n) is 6.24. The lowest BCUT2D eigenvalue weighted by molar-refractivity contribution is 0.192. The van der Waals surface area contributed by atoms with Gasteiger partial charge in [0.2, 0.25) is 0 Å². The summed E-state index contributed by atoms with van der Waals surface area (Å²) >= 11 is 0. The molecule has 0 spiro atoms. The lowest BCUT2D eigenvalue weighted by Gasteiger charge is -2.19. The third-order valence-electron chi connectivity index (χ3n) is 3.35. The van der Waals surface area contributed by atoms with Gasteiger partial charge in [0, 0.05) is 26.2 Å². The first-order chi connectivity index (χ1) is 8.18. The molecule has 2 rings (SSSR count). The molecule has 0 saturated carbocycles. The number of hydrogen-bond acceptors (Lipinski definition) is 1. The van der Waals surface area contributed by atoms with E-state index in [-0.39, 0.29) is 6.03 Å². The number of carbonyl (C=O) groups is 1. The summed E-state index contributed by atoms with van der Waals surface area (Å²) < 4.78 is 0. The van der Waals surface area contributed by atoms with Gasteiger partial charge in [0.15, 0.2) is 0 Å². The molecule has 0 N–H and O–H groups in total. The normalized spacial score (nSPS) is 20.1. The SMILES string of the molecule is CC1CN(C)C(=O)N1CCCc1ccccc1. The summed E-state index contributed by atoms with van der Waals surface area (Å²) in [5.74, 6) is 0. The maximum atomic E-state index is 11.8. The number of nitrogens with zero attached hydrogens (tertiary/aromatic N) is 2. The van der Waals surface area contributed by atoms with Gasteiger partial charge in [-0.25, -0.2) is 4.79 Å². The summed E-state index contributed by atoms with van der Waals surface area (Å²) in [4.78, 5) is 15.6. The minimum atomic E-state index is 0.172. The van der Waals surface area contributed by atoms with Crippen molar-refractivity contribution in [2.75, 3.05) is 20.1 Å². The second-order valence-electron chi connectivity index (χ2n) is 4.79. The number of rotatable bonds is 4. The molecule has 92 valence electrons. The fourth-order valence-corrected chi connectivity index (χ4v) is 2.40. The van der Waals surface area contributed by atoms with E-state index in [4.69, 9.17) is 0 Å². The molecule has 1 aliphatic heterocycles. The molecule has 1 fully saturated rings. The van der Waals surface area contributed by atoms with E-state index in [9.17, 15) is 4.79 Å². The van der Waals surface area contributed by atoms with E-state index in [0.29, 0.717) is 6.04 Å². The summed E-state index contributed by atoms with van der Waals surface area (Å²) in [6, 6.07) is 11.0. The van der Waals surface area contributed by atoms with Gasteiger partial charge in [0.05, 0.1) is 0 Å². The highest BCUT2D eigenvalue weighted by Crippen LogP contribution is 2.14. The Balaban J connectivity index is 1.81. The molecule has 1 aromatic rings. The van der Waals surface area contributed by atoms with Crippen LogP contribution in [0, 0.1) is 0 Å². The maximum absolute atomic E-state index is 11.8. The van der Waals surface area contributed by atoms with Crippen LogP contribution in [0.1, 0.15) is 18.9 Å². The molecule has 3 heteroatoms. The zero-order chi connectivity index (χ0) is 12.3. The number of aryl methyl sites for hydroxylation is 1. The van der Waals surface area contributed by atoms with Crippen LogP contribution in [0.3, 0.4) is 0 Å². The number of urea groups is 1. The molecule has 0 aromatic heterocycles. The Bertz CT molecular complexity index is 377. The highest BCUT2D eigenvalue weighted by Gasteiger charge is 2.31. The maximum Gasteiger partial charge on any atom is 0.320 e. The van der Waals surface area contributed by atoms with Crippen molar-refractivity contribution in [3.63, 3.8) is 0 Å². The van der Waals surface area contributed by atoms with Gasteiger partial charge in [0.25, 0.3) is 0 Å². The van der Waals surface area contributed by atoms with Gasteiger partial charge < -0.3 is 9.80 Å². The number of hydrogen-bond donors (Lipinski definition) is 0. The van der Waals surface area contributed by atoms with Gasteiger partial charge in [-0.1, -0.05) is 30.3 Å². The largest absolute Gasteiger partial charge is 0.326 e. The van der Waals surface area contributed by atoms with Crippen LogP contribution < -0.4 is 0 Å². The molecule has 17 heavy (non-hydrogen) atoms. The summed E-state index contributed by atoms with van der Waals surface area (Å²) in [7, 11) is 1.87. The van der Waals surface area contributed by atoms with Gasteiger partial charge >= 0.3 is 6.03 Å². The molecule has 1 heterocycles. The third-order valence-corrected chi connectivity index (χ3v) is 3.35. The Labute approximate surface area is 103 Å². The van der Waals surface area contributed by atoms with Gasteiger partial charge in [-0.15, -0.1) is 0 Å². The average molecular weight is 232 g/mol. The zero-order valence-corrected chi connectivity index (χ0v) is 10.6. The van der Waals surface area contributed by atoms with Crippen molar-refractivity contribution in [3.8, 4) is 0 Å². The fourth-order valence-electron chi connectivity index (χ4n) is 2.40. The Morgan fingerprint density at radius 1 is 1.29 bits per heavy atom. The molecule has 1 aromatic carbocycles. The van der Waals surface area contributed by atoms with Crippen molar-refractivity contribution in [2.45, 2.75) is 25.8 Å². The lowest BCUT2D eigenvalue weighted by atomic mass is 10.1. The van der Waals surface area contributed by atoms with E-state index in [0.717, 1.165) is 25.9 Å². The van der Waals surface area contributed by atoms with Crippen molar-refractivity contribution >= 4 is 6.03 Å². The summed E-state index contributed by atoms with van der Waals surface area (Å²) in [5, 5.41) is 0. The molecule has 1 aliphatic rings. The highest BCUT2D eigenvalue weighted by molar-refractivity contribution is 5.76. The monoisotopic (exact) mass is 232 g/mol. The van der Waals surface area contributed by atoms with E-state index in [2.05, 4.69) is 31.2 Å². The first kappa shape index (κ1) is 12.0. The van der Waals surface area contributed by atoms with Crippen molar-refractivity contribution in [1.29, 1.82) is 0 Å². The fraction of sp³-hybridized carbons (Fsp3) is 0.500. The van der Waals surface area contributed by atoms with Gasteiger partial charge in [-0.05, 0) is 25.3 Å². The Kier molecular flexibility index (Phi) is 3.67. The number of benzene rings is 1. The molecule has 2 amide bonds. The van der Waals surface area contributed by atoms with E-state index >= 15 is 0 Å². The molecule has 1 saturated heterocycles. The predicted molar refractivity (Wildman–Crippen MR) is 69.0 cm³/mol. The van der Waals surface area contributed by atoms with E-state index in [1.54, 1.807) is 4.90 Å². The summed E-state index contributed by atoms with van der Waals surface area (Å²) in [6.07, 6.45) is 2.08. The van der Waals surface area contributed by atoms with Gasteiger partial charge in [-0.3, -0.25) is 0 Å². The minimum absolute atomic E-state index is 0.172. The second-order valence-corrected chi connectivity index (χ2v) is 4.79. The predicted octanol–water partition coefficient (Wildman–Crippen LogP) is 2.38. The van der Waals surface area contributed by atoms with Crippen molar-refractivity contribution in [3.05, 3.63) is 35.9 Å². The van der Waals surface area contributed by atoms with Crippen molar-refractivity contribution < 1.29 is 4.79 Å². The van der Waals surface area contributed by atoms with Crippen LogP contribution >= 0.6 is 0 Å². The second kappa shape index (κ2) is 5.21. The Hall–Kier alpha value is -1.51.